The Labute approximate surface area is 109 Å². The van der Waals surface area contributed by atoms with Crippen molar-refractivity contribution in [3.63, 3.8) is 0 Å². The first-order chi connectivity index (χ1) is 8.61. The molecule has 0 saturated carbocycles. The van der Waals surface area contributed by atoms with E-state index in [1.165, 1.54) is 0 Å². The van der Waals surface area contributed by atoms with Crippen LogP contribution in [0.2, 0.25) is 0 Å². The molecule has 18 heavy (non-hydrogen) atoms. The third-order valence-corrected chi connectivity index (χ3v) is 2.79. The van der Waals surface area contributed by atoms with Crippen LogP contribution in [-0.4, -0.2) is 35.7 Å². The van der Waals surface area contributed by atoms with Crippen molar-refractivity contribution in [3.05, 3.63) is 11.9 Å². The summed E-state index contributed by atoms with van der Waals surface area (Å²) in [5, 5.41) is 0. The van der Waals surface area contributed by atoms with Crippen LogP contribution < -0.4 is 15.4 Å². The van der Waals surface area contributed by atoms with E-state index in [2.05, 4.69) is 28.7 Å². The van der Waals surface area contributed by atoms with E-state index in [4.69, 9.17) is 10.5 Å². The highest BCUT2D eigenvalue weighted by Crippen LogP contribution is 2.25. The Bertz CT molecular complexity index is 368. The number of aromatic nitrogens is 2. The molecule has 0 aliphatic rings. The van der Waals surface area contributed by atoms with E-state index in [1.54, 1.807) is 6.33 Å². The fourth-order valence-corrected chi connectivity index (χ4v) is 1.87. The molecule has 0 aliphatic carbocycles. The molecule has 0 radical (unpaired) electrons. The lowest BCUT2D eigenvalue weighted by Gasteiger charge is -2.29. The van der Waals surface area contributed by atoms with Gasteiger partial charge in [0.1, 0.15) is 12.1 Å². The zero-order chi connectivity index (χ0) is 13.5. The maximum atomic E-state index is 5.59. The molecule has 0 saturated heterocycles. The first-order valence-corrected chi connectivity index (χ1v) is 6.52. The van der Waals surface area contributed by atoms with E-state index in [9.17, 15) is 0 Å². The smallest absolute Gasteiger partial charge is 0.221 e. The molecule has 0 aliphatic heterocycles. The fraction of sp³-hybridized carbons (Fsp3) is 0.692. The van der Waals surface area contributed by atoms with Gasteiger partial charge in [-0.1, -0.05) is 0 Å². The molecule has 1 aromatic heterocycles. The largest absolute Gasteiger partial charge is 0.478 e. The van der Waals surface area contributed by atoms with Crippen molar-refractivity contribution in [2.24, 2.45) is 5.73 Å². The van der Waals surface area contributed by atoms with Crippen LogP contribution in [0.15, 0.2) is 6.33 Å². The Morgan fingerprint density at radius 2 is 2.11 bits per heavy atom. The molecule has 1 aromatic rings. The minimum atomic E-state index is 0.375. The lowest BCUT2D eigenvalue weighted by molar-refractivity contribution is 0.323. The van der Waals surface area contributed by atoms with Crippen LogP contribution in [0.3, 0.4) is 0 Å². The molecule has 1 rings (SSSR count). The van der Waals surface area contributed by atoms with Crippen molar-refractivity contribution in [3.8, 4) is 5.88 Å². The Balaban J connectivity index is 3.00. The molecule has 0 spiro atoms. The van der Waals surface area contributed by atoms with Gasteiger partial charge in [-0.2, -0.15) is 0 Å². The van der Waals surface area contributed by atoms with Crippen molar-refractivity contribution in [1.82, 2.24) is 9.97 Å². The highest BCUT2D eigenvalue weighted by Gasteiger charge is 2.17. The number of nitrogens with zero attached hydrogens (tertiary/aromatic N) is 3. The van der Waals surface area contributed by atoms with Gasteiger partial charge < -0.3 is 15.4 Å². The number of ether oxygens (including phenoxy) is 1. The van der Waals surface area contributed by atoms with E-state index in [0.29, 0.717) is 25.1 Å². The van der Waals surface area contributed by atoms with E-state index in [-0.39, 0.29) is 0 Å². The molecule has 0 bridgehead atoms. The predicted molar refractivity (Wildman–Crippen MR) is 74.1 cm³/mol. The molecular formula is C13H24N4O. The van der Waals surface area contributed by atoms with Gasteiger partial charge >= 0.3 is 0 Å². The van der Waals surface area contributed by atoms with Crippen molar-refractivity contribution in [1.29, 1.82) is 0 Å². The summed E-state index contributed by atoms with van der Waals surface area (Å²) in [4.78, 5) is 10.8. The topological polar surface area (TPSA) is 64.3 Å². The SMILES string of the molecule is CCOc1ncnc(N(CCCN)C(C)C)c1C. The van der Waals surface area contributed by atoms with Crippen LogP contribution in [-0.2, 0) is 0 Å². The highest BCUT2D eigenvalue weighted by atomic mass is 16.5. The number of nitrogens with two attached hydrogens (primary N) is 1. The molecule has 5 heteroatoms. The zero-order valence-electron chi connectivity index (χ0n) is 11.8. The molecule has 0 fully saturated rings. The maximum Gasteiger partial charge on any atom is 0.221 e. The van der Waals surface area contributed by atoms with Gasteiger partial charge in [-0.25, -0.2) is 9.97 Å². The first kappa shape index (κ1) is 14.7. The van der Waals surface area contributed by atoms with Crippen molar-refractivity contribution in [2.45, 2.75) is 40.2 Å². The first-order valence-electron chi connectivity index (χ1n) is 6.52. The third kappa shape index (κ3) is 3.57. The van der Waals surface area contributed by atoms with E-state index in [0.717, 1.165) is 24.3 Å². The second-order valence-corrected chi connectivity index (χ2v) is 4.49. The average Bonchev–Trinajstić information content (AvgIpc) is 2.34. The van der Waals surface area contributed by atoms with Crippen LogP contribution in [0.25, 0.3) is 0 Å². The summed E-state index contributed by atoms with van der Waals surface area (Å²) in [7, 11) is 0. The molecule has 102 valence electrons. The minimum absolute atomic E-state index is 0.375. The van der Waals surface area contributed by atoms with Crippen LogP contribution in [0.1, 0.15) is 32.8 Å². The fourth-order valence-electron chi connectivity index (χ4n) is 1.87. The summed E-state index contributed by atoms with van der Waals surface area (Å²) < 4.78 is 5.51. The lowest BCUT2D eigenvalue weighted by atomic mass is 10.2. The van der Waals surface area contributed by atoms with Crippen LogP contribution >= 0.6 is 0 Å². The average molecular weight is 252 g/mol. The van der Waals surface area contributed by atoms with Gasteiger partial charge in [0.05, 0.1) is 12.2 Å². The maximum absolute atomic E-state index is 5.59. The van der Waals surface area contributed by atoms with Gasteiger partial charge in [-0.15, -0.1) is 0 Å². The Morgan fingerprint density at radius 1 is 1.39 bits per heavy atom. The summed E-state index contributed by atoms with van der Waals surface area (Å²) in [6.45, 7) is 10.5. The van der Waals surface area contributed by atoms with Gasteiger partial charge in [0.15, 0.2) is 0 Å². The number of anilines is 1. The third-order valence-electron chi connectivity index (χ3n) is 2.79. The molecule has 1 heterocycles. The van der Waals surface area contributed by atoms with E-state index >= 15 is 0 Å². The molecule has 0 aromatic carbocycles. The summed E-state index contributed by atoms with van der Waals surface area (Å²) in [6.07, 6.45) is 2.51. The molecule has 0 amide bonds. The van der Waals surface area contributed by atoms with Crippen molar-refractivity contribution < 1.29 is 4.74 Å². The summed E-state index contributed by atoms with van der Waals surface area (Å²) >= 11 is 0. The summed E-state index contributed by atoms with van der Waals surface area (Å²) in [5.74, 6) is 1.61. The minimum Gasteiger partial charge on any atom is -0.478 e. The Kier molecular flexibility index (Phi) is 5.85. The van der Waals surface area contributed by atoms with Gasteiger partial charge in [0, 0.05) is 12.6 Å². The van der Waals surface area contributed by atoms with Crippen LogP contribution in [0.4, 0.5) is 5.82 Å². The number of rotatable bonds is 7. The monoisotopic (exact) mass is 252 g/mol. The van der Waals surface area contributed by atoms with Gasteiger partial charge in [-0.3, -0.25) is 0 Å². The highest BCUT2D eigenvalue weighted by molar-refractivity contribution is 5.50. The van der Waals surface area contributed by atoms with Gasteiger partial charge in [0.25, 0.3) is 0 Å². The van der Waals surface area contributed by atoms with E-state index in [1.807, 2.05) is 13.8 Å². The predicted octanol–water partition coefficient (Wildman–Crippen LogP) is 1.75. The number of hydrogen-bond donors (Lipinski definition) is 1. The lowest BCUT2D eigenvalue weighted by Crippen LogP contribution is -2.34. The van der Waals surface area contributed by atoms with Gasteiger partial charge in [-0.05, 0) is 40.7 Å². The quantitative estimate of drug-likeness (QED) is 0.801. The van der Waals surface area contributed by atoms with Crippen molar-refractivity contribution >= 4 is 5.82 Å². The Hall–Kier alpha value is -1.36. The van der Waals surface area contributed by atoms with Gasteiger partial charge in [0.2, 0.25) is 5.88 Å². The molecule has 2 N–H and O–H groups in total. The second-order valence-electron chi connectivity index (χ2n) is 4.49. The van der Waals surface area contributed by atoms with E-state index < -0.39 is 0 Å². The van der Waals surface area contributed by atoms with Crippen LogP contribution in [0, 0.1) is 6.92 Å². The summed E-state index contributed by atoms with van der Waals surface area (Å²) in [5.41, 5.74) is 6.58. The molecule has 5 nitrogen and oxygen atoms in total. The second kappa shape index (κ2) is 7.16. The molecular weight excluding hydrogens is 228 g/mol. The van der Waals surface area contributed by atoms with Crippen LogP contribution in [0.5, 0.6) is 5.88 Å². The normalized spacial score (nSPS) is 10.8. The van der Waals surface area contributed by atoms with Crippen molar-refractivity contribution in [2.75, 3.05) is 24.6 Å². The molecule has 0 atom stereocenters. The molecule has 0 unspecified atom stereocenters. The Morgan fingerprint density at radius 3 is 2.67 bits per heavy atom. The number of hydrogen-bond acceptors (Lipinski definition) is 5. The zero-order valence-corrected chi connectivity index (χ0v) is 11.8. The standard InChI is InChI=1S/C13H24N4O/c1-5-18-13-11(4)12(15-9-16-13)17(10(2)3)8-6-7-14/h9-10H,5-8,14H2,1-4H3. The summed E-state index contributed by atoms with van der Waals surface area (Å²) in [6, 6.07) is 0.375.